The Hall–Kier alpha value is -2.83. The summed E-state index contributed by atoms with van der Waals surface area (Å²) in [6.45, 7) is 2.09. The predicted molar refractivity (Wildman–Crippen MR) is 83.2 cm³/mol. The van der Waals surface area contributed by atoms with Crippen LogP contribution in [0.4, 0.5) is 18.9 Å². The van der Waals surface area contributed by atoms with Gasteiger partial charge in [0.25, 0.3) is 0 Å². The molecule has 0 aliphatic heterocycles. The fourth-order valence-corrected chi connectivity index (χ4v) is 2.20. The molecule has 0 amide bonds. The van der Waals surface area contributed by atoms with Crippen molar-refractivity contribution in [2.45, 2.75) is 19.6 Å². The molecule has 24 heavy (non-hydrogen) atoms. The molecule has 0 bridgehead atoms. The number of nitrogens with one attached hydrogen (secondary N) is 1. The van der Waals surface area contributed by atoms with E-state index in [0.29, 0.717) is 17.5 Å². The highest BCUT2D eigenvalue weighted by Crippen LogP contribution is 2.30. The lowest BCUT2D eigenvalue weighted by molar-refractivity contribution is -0.137. The zero-order valence-corrected chi connectivity index (χ0v) is 12.8. The standard InChI is InChI=1S/C17H14F3N3O/c1-11-4-2-5-12(8-11)16-23-22-15(24-16)10-21-14-7-3-6-13(9-14)17(18,19)20/h2-9,21H,10H2,1H3. The number of benzene rings is 2. The maximum atomic E-state index is 12.7. The lowest BCUT2D eigenvalue weighted by Crippen LogP contribution is -2.06. The molecule has 0 fully saturated rings. The first-order valence-electron chi connectivity index (χ1n) is 7.22. The minimum atomic E-state index is -4.37. The van der Waals surface area contributed by atoms with Crippen molar-refractivity contribution >= 4 is 5.69 Å². The van der Waals surface area contributed by atoms with Crippen LogP contribution in [0.25, 0.3) is 11.5 Å². The van der Waals surface area contributed by atoms with E-state index in [0.717, 1.165) is 23.3 Å². The summed E-state index contributed by atoms with van der Waals surface area (Å²) in [6.07, 6.45) is -4.37. The van der Waals surface area contributed by atoms with Gasteiger partial charge in [-0.3, -0.25) is 0 Å². The van der Waals surface area contributed by atoms with Crippen LogP contribution >= 0.6 is 0 Å². The highest BCUT2D eigenvalue weighted by Gasteiger charge is 2.30. The van der Waals surface area contributed by atoms with E-state index in [9.17, 15) is 13.2 Å². The molecular weight excluding hydrogens is 319 g/mol. The van der Waals surface area contributed by atoms with Crippen molar-refractivity contribution in [1.29, 1.82) is 0 Å². The van der Waals surface area contributed by atoms with Crippen LogP contribution in [0.15, 0.2) is 52.9 Å². The van der Waals surface area contributed by atoms with Gasteiger partial charge in [-0.05, 0) is 37.3 Å². The Morgan fingerprint density at radius 1 is 1.04 bits per heavy atom. The van der Waals surface area contributed by atoms with Crippen LogP contribution in [-0.4, -0.2) is 10.2 Å². The summed E-state index contributed by atoms with van der Waals surface area (Å²) >= 11 is 0. The van der Waals surface area contributed by atoms with Gasteiger partial charge in [-0.1, -0.05) is 23.8 Å². The van der Waals surface area contributed by atoms with E-state index in [2.05, 4.69) is 15.5 Å². The van der Waals surface area contributed by atoms with Crippen LogP contribution < -0.4 is 5.32 Å². The third kappa shape index (κ3) is 3.73. The van der Waals surface area contributed by atoms with Crippen molar-refractivity contribution in [2.75, 3.05) is 5.32 Å². The van der Waals surface area contributed by atoms with Gasteiger partial charge < -0.3 is 9.73 Å². The summed E-state index contributed by atoms with van der Waals surface area (Å²) in [7, 11) is 0. The van der Waals surface area contributed by atoms with Crippen molar-refractivity contribution in [1.82, 2.24) is 10.2 Å². The van der Waals surface area contributed by atoms with Crippen LogP contribution in [0.1, 0.15) is 17.0 Å². The van der Waals surface area contributed by atoms with Crippen molar-refractivity contribution in [3.63, 3.8) is 0 Å². The molecule has 0 unspecified atom stereocenters. The van der Waals surface area contributed by atoms with E-state index in [4.69, 9.17) is 4.42 Å². The van der Waals surface area contributed by atoms with E-state index in [1.807, 2.05) is 31.2 Å². The van der Waals surface area contributed by atoms with Crippen LogP contribution in [0.2, 0.25) is 0 Å². The van der Waals surface area contributed by atoms with Gasteiger partial charge in [-0.2, -0.15) is 13.2 Å². The SMILES string of the molecule is Cc1cccc(-c2nnc(CNc3cccc(C(F)(F)F)c3)o2)c1. The largest absolute Gasteiger partial charge is 0.419 e. The quantitative estimate of drug-likeness (QED) is 0.753. The van der Waals surface area contributed by atoms with Crippen LogP contribution in [0, 0.1) is 6.92 Å². The minimum absolute atomic E-state index is 0.139. The zero-order valence-electron chi connectivity index (χ0n) is 12.8. The topological polar surface area (TPSA) is 51.0 Å². The number of aryl methyl sites for hydroxylation is 1. The maximum absolute atomic E-state index is 12.7. The Morgan fingerprint density at radius 2 is 1.83 bits per heavy atom. The van der Waals surface area contributed by atoms with Crippen molar-refractivity contribution in [2.24, 2.45) is 0 Å². The van der Waals surface area contributed by atoms with Crippen molar-refractivity contribution in [3.8, 4) is 11.5 Å². The average Bonchev–Trinajstić information content (AvgIpc) is 3.01. The van der Waals surface area contributed by atoms with Gasteiger partial charge in [-0.15, -0.1) is 10.2 Å². The van der Waals surface area contributed by atoms with Gasteiger partial charge in [0.1, 0.15) is 0 Å². The van der Waals surface area contributed by atoms with Gasteiger partial charge in [-0.25, -0.2) is 0 Å². The molecule has 1 N–H and O–H groups in total. The Labute approximate surface area is 136 Å². The van der Waals surface area contributed by atoms with E-state index in [1.54, 1.807) is 6.07 Å². The van der Waals surface area contributed by atoms with Gasteiger partial charge in [0.15, 0.2) is 0 Å². The second kappa shape index (κ2) is 6.35. The first-order chi connectivity index (χ1) is 11.4. The predicted octanol–water partition coefficient (Wildman–Crippen LogP) is 4.68. The second-order valence-corrected chi connectivity index (χ2v) is 5.30. The lowest BCUT2D eigenvalue weighted by Gasteiger charge is -2.09. The molecule has 0 aliphatic carbocycles. The molecule has 7 heteroatoms. The molecule has 0 radical (unpaired) electrons. The molecule has 0 saturated carbocycles. The number of rotatable bonds is 4. The normalized spacial score (nSPS) is 11.5. The molecule has 0 atom stereocenters. The van der Waals surface area contributed by atoms with Crippen LogP contribution in [0.3, 0.4) is 0 Å². The smallest absolute Gasteiger partial charge is 0.416 e. The summed E-state index contributed by atoms with van der Waals surface area (Å²) in [5.74, 6) is 0.670. The molecule has 1 heterocycles. The number of anilines is 1. The summed E-state index contributed by atoms with van der Waals surface area (Å²) in [5.41, 5.74) is 1.49. The number of alkyl halides is 3. The fourth-order valence-electron chi connectivity index (χ4n) is 2.20. The molecule has 3 rings (SSSR count). The number of halogens is 3. The summed E-state index contributed by atoms with van der Waals surface area (Å²) in [4.78, 5) is 0. The average molecular weight is 333 g/mol. The van der Waals surface area contributed by atoms with E-state index in [-0.39, 0.29) is 6.54 Å². The Bertz CT molecular complexity index is 843. The zero-order chi connectivity index (χ0) is 17.2. The van der Waals surface area contributed by atoms with E-state index in [1.165, 1.54) is 6.07 Å². The molecule has 4 nitrogen and oxygen atoms in total. The molecule has 0 aliphatic rings. The van der Waals surface area contributed by atoms with Gasteiger partial charge in [0.2, 0.25) is 11.8 Å². The van der Waals surface area contributed by atoms with Crippen LogP contribution in [-0.2, 0) is 12.7 Å². The summed E-state index contributed by atoms with van der Waals surface area (Å²) in [6, 6.07) is 12.6. The first kappa shape index (κ1) is 16.0. The maximum Gasteiger partial charge on any atom is 0.416 e. The molecular formula is C17H14F3N3O. The van der Waals surface area contributed by atoms with E-state index < -0.39 is 11.7 Å². The third-order valence-corrected chi connectivity index (χ3v) is 3.37. The van der Waals surface area contributed by atoms with Gasteiger partial charge in [0, 0.05) is 11.3 Å². The highest BCUT2D eigenvalue weighted by molar-refractivity contribution is 5.53. The molecule has 0 spiro atoms. The van der Waals surface area contributed by atoms with E-state index >= 15 is 0 Å². The Balaban J connectivity index is 1.70. The number of nitrogens with zero attached hydrogens (tertiary/aromatic N) is 2. The lowest BCUT2D eigenvalue weighted by atomic mass is 10.1. The molecule has 0 saturated heterocycles. The van der Waals surface area contributed by atoms with Gasteiger partial charge in [0.05, 0.1) is 12.1 Å². The first-order valence-corrected chi connectivity index (χ1v) is 7.22. The second-order valence-electron chi connectivity index (χ2n) is 5.30. The fraction of sp³-hybridized carbons (Fsp3) is 0.176. The van der Waals surface area contributed by atoms with Crippen molar-refractivity contribution < 1.29 is 17.6 Å². The Kier molecular flexibility index (Phi) is 4.24. The highest BCUT2D eigenvalue weighted by atomic mass is 19.4. The monoisotopic (exact) mass is 333 g/mol. The number of hydrogen-bond acceptors (Lipinski definition) is 4. The number of aromatic nitrogens is 2. The molecule has 3 aromatic rings. The Morgan fingerprint density at radius 3 is 2.58 bits per heavy atom. The minimum Gasteiger partial charge on any atom is -0.419 e. The summed E-state index contributed by atoms with van der Waals surface area (Å²) in [5, 5.41) is 10.7. The molecule has 2 aromatic carbocycles. The molecule has 1 aromatic heterocycles. The summed E-state index contributed by atoms with van der Waals surface area (Å²) < 4.78 is 43.6. The third-order valence-electron chi connectivity index (χ3n) is 3.37. The van der Waals surface area contributed by atoms with Crippen molar-refractivity contribution in [3.05, 3.63) is 65.5 Å². The molecule has 124 valence electrons. The van der Waals surface area contributed by atoms with Crippen LogP contribution in [0.5, 0.6) is 0 Å². The van der Waals surface area contributed by atoms with Gasteiger partial charge >= 0.3 is 6.18 Å². The number of hydrogen-bond donors (Lipinski definition) is 1.